The second-order valence-corrected chi connectivity index (χ2v) is 13.1. The number of aliphatic hydroxyl groups is 1. The number of hydrogen-bond acceptors (Lipinski definition) is 10. The molecule has 0 saturated carbocycles. The van der Waals surface area contributed by atoms with Gasteiger partial charge in [0.25, 0.3) is 5.56 Å². The molecule has 4 aromatic rings. The van der Waals surface area contributed by atoms with Gasteiger partial charge in [0, 0.05) is 28.9 Å². The largest absolute Gasteiger partial charge is 0.389 e. The van der Waals surface area contributed by atoms with Crippen LogP contribution in [-0.2, 0) is 13.0 Å². The summed E-state index contributed by atoms with van der Waals surface area (Å²) in [5, 5.41) is 11.5. The number of thiazole rings is 1. The zero-order chi connectivity index (χ0) is 26.7. The highest BCUT2D eigenvalue weighted by molar-refractivity contribution is 7.99. The Balaban J connectivity index is 1.17. The van der Waals surface area contributed by atoms with Crippen LogP contribution in [0.25, 0.3) is 10.9 Å². The molecule has 1 aliphatic heterocycles. The van der Waals surface area contributed by atoms with Crippen LogP contribution in [-0.4, -0.2) is 48.3 Å². The number of nitrogens with two attached hydrogens (primary N) is 1. The van der Waals surface area contributed by atoms with Crippen molar-refractivity contribution in [3.8, 4) is 0 Å². The third kappa shape index (κ3) is 4.60. The van der Waals surface area contributed by atoms with E-state index in [-0.39, 0.29) is 23.6 Å². The fraction of sp³-hybridized carbons (Fsp3) is 0.423. The molecule has 12 heteroatoms. The Kier molecular flexibility index (Phi) is 6.47. The Morgan fingerprint density at radius 1 is 1.21 bits per heavy atom. The first-order chi connectivity index (χ1) is 18.1. The molecule has 4 heterocycles. The third-order valence-electron chi connectivity index (χ3n) is 7.50. The van der Waals surface area contributed by atoms with Crippen molar-refractivity contribution in [2.24, 2.45) is 11.1 Å². The smallest absolute Gasteiger partial charge is 0.262 e. The number of fused-ring (bicyclic) bond motifs is 2. The number of aromatic nitrogens is 5. The lowest BCUT2D eigenvalue weighted by molar-refractivity contribution is 0.0603. The van der Waals surface area contributed by atoms with E-state index in [1.165, 1.54) is 33.2 Å². The molecular weight excluding hydrogens is 542 g/mol. The molecule has 0 radical (unpaired) electrons. The maximum atomic E-state index is 13.1. The fourth-order valence-electron chi connectivity index (χ4n) is 5.49. The van der Waals surface area contributed by atoms with Gasteiger partial charge in [-0.15, -0.1) is 11.3 Å². The van der Waals surface area contributed by atoms with Crippen LogP contribution in [0, 0.1) is 5.41 Å². The second kappa shape index (κ2) is 9.56. The zero-order valence-electron chi connectivity index (χ0n) is 21.1. The van der Waals surface area contributed by atoms with E-state index in [2.05, 4.69) is 24.8 Å². The van der Waals surface area contributed by atoms with Gasteiger partial charge in [0.15, 0.2) is 0 Å². The van der Waals surface area contributed by atoms with Gasteiger partial charge >= 0.3 is 0 Å². The van der Waals surface area contributed by atoms with Crippen molar-refractivity contribution < 1.29 is 5.11 Å². The van der Waals surface area contributed by atoms with E-state index in [0.717, 1.165) is 38.2 Å². The van der Waals surface area contributed by atoms with Crippen LogP contribution < -0.4 is 16.2 Å². The molecule has 3 N–H and O–H groups in total. The lowest BCUT2D eigenvalue weighted by Crippen LogP contribution is -2.44. The van der Waals surface area contributed by atoms with Gasteiger partial charge in [-0.3, -0.25) is 9.36 Å². The molecule has 38 heavy (non-hydrogen) atoms. The number of piperidine rings is 1. The average Bonchev–Trinajstić information content (AvgIpc) is 3.43. The summed E-state index contributed by atoms with van der Waals surface area (Å²) in [4.78, 5) is 35.5. The molecule has 0 unspecified atom stereocenters. The number of rotatable bonds is 5. The summed E-state index contributed by atoms with van der Waals surface area (Å²) in [6.07, 6.45) is 7.94. The lowest BCUT2D eigenvalue weighted by atomic mass is 9.74. The van der Waals surface area contributed by atoms with E-state index in [0.29, 0.717) is 25.8 Å². The Morgan fingerprint density at radius 2 is 2.00 bits per heavy atom. The minimum atomic E-state index is -1.06. The van der Waals surface area contributed by atoms with Crippen LogP contribution in [0.4, 0.5) is 5.82 Å². The molecule has 6 rings (SSSR count). The van der Waals surface area contributed by atoms with E-state index in [1.807, 2.05) is 11.6 Å². The minimum absolute atomic E-state index is 0.0677. The van der Waals surface area contributed by atoms with Crippen molar-refractivity contribution in [1.82, 2.24) is 24.5 Å². The van der Waals surface area contributed by atoms with Crippen molar-refractivity contribution in [2.45, 2.75) is 61.2 Å². The number of anilines is 1. The first kappa shape index (κ1) is 25.7. The van der Waals surface area contributed by atoms with Gasteiger partial charge in [0.1, 0.15) is 10.8 Å². The number of nitrogens with zero attached hydrogens (tertiary/aromatic N) is 6. The number of benzene rings is 1. The SMILES string of the molecule is CC(C)(O)Cn1cnc2ccc(Sc3cnc(N4CCC5(CC4)Cc4ncsc4[C@@H]5N)cn3)c(Cl)c2c1=O. The molecule has 198 valence electrons. The van der Waals surface area contributed by atoms with E-state index in [4.69, 9.17) is 17.3 Å². The van der Waals surface area contributed by atoms with Crippen molar-refractivity contribution >= 4 is 51.4 Å². The highest BCUT2D eigenvalue weighted by atomic mass is 35.5. The second-order valence-electron chi connectivity index (χ2n) is 10.7. The minimum Gasteiger partial charge on any atom is -0.389 e. The Hall–Kier alpha value is -2.57. The van der Waals surface area contributed by atoms with Crippen LogP contribution in [0.15, 0.2) is 51.1 Å². The maximum absolute atomic E-state index is 13.1. The molecule has 1 aromatic carbocycles. The maximum Gasteiger partial charge on any atom is 0.262 e. The van der Waals surface area contributed by atoms with Gasteiger partial charge in [-0.1, -0.05) is 23.4 Å². The first-order valence-electron chi connectivity index (χ1n) is 12.5. The summed E-state index contributed by atoms with van der Waals surface area (Å²) in [5.74, 6) is 0.840. The quantitative estimate of drug-likeness (QED) is 0.366. The van der Waals surface area contributed by atoms with E-state index < -0.39 is 5.60 Å². The van der Waals surface area contributed by atoms with E-state index >= 15 is 0 Å². The number of hydrogen-bond donors (Lipinski definition) is 2. The van der Waals surface area contributed by atoms with Gasteiger partial charge in [0.05, 0.1) is 58.0 Å². The van der Waals surface area contributed by atoms with Crippen molar-refractivity contribution in [1.29, 1.82) is 0 Å². The van der Waals surface area contributed by atoms with Crippen LogP contribution >= 0.6 is 34.7 Å². The first-order valence-corrected chi connectivity index (χ1v) is 14.5. The van der Waals surface area contributed by atoms with Crippen LogP contribution in [0.5, 0.6) is 0 Å². The van der Waals surface area contributed by atoms with Crippen molar-refractivity contribution in [2.75, 3.05) is 18.0 Å². The molecule has 0 bridgehead atoms. The zero-order valence-corrected chi connectivity index (χ0v) is 23.5. The highest BCUT2D eigenvalue weighted by Crippen LogP contribution is 2.51. The summed E-state index contributed by atoms with van der Waals surface area (Å²) < 4.78 is 1.38. The summed E-state index contributed by atoms with van der Waals surface area (Å²) in [7, 11) is 0. The Labute approximate surface area is 233 Å². The van der Waals surface area contributed by atoms with Crippen molar-refractivity contribution in [3.63, 3.8) is 0 Å². The average molecular weight is 570 g/mol. The molecular formula is C26H28ClN7O2S2. The van der Waals surface area contributed by atoms with E-state index in [9.17, 15) is 9.90 Å². The van der Waals surface area contributed by atoms with Crippen LogP contribution in [0.1, 0.15) is 43.3 Å². The molecule has 1 fully saturated rings. The van der Waals surface area contributed by atoms with Gasteiger partial charge in [0.2, 0.25) is 0 Å². The van der Waals surface area contributed by atoms with Gasteiger partial charge in [-0.25, -0.2) is 19.9 Å². The van der Waals surface area contributed by atoms with Crippen LogP contribution in [0.2, 0.25) is 5.02 Å². The summed E-state index contributed by atoms with van der Waals surface area (Å²) in [6, 6.07) is 3.67. The lowest BCUT2D eigenvalue weighted by Gasteiger charge is -2.42. The molecule has 1 spiro atoms. The molecule has 0 amide bonds. The summed E-state index contributed by atoms with van der Waals surface area (Å²) >= 11 is 9.71. The molecule has 1 aliphatic carbocycles. The van der Waals surface area contributed by atoms with Gasteiger partial charge in [-0.05, 0) is 50.7 Å². The third-order valence-corrected chi connectivity index (χ3v) is 9.94. The van der Waals surface area contributed by atoms with Gasteiger partial charge < -0.3 is 15.7 Å². The monoisotopic (exact) mass is 569 g/mol. The van der Waals surface area contributed by atoms with Crippen LogP contribution in [0.3, 0.4) is 0 Å². The summed E-state index contributed by atoms with van der Waals surface area (Å²) in [6.45, 7) is 5.16. The number of halogens is 1. The normalized spacial score (nSPS) is 18.9. The Morgan fingerprint density at radius 3 is 2.68 bits per heavy atom. The molecule has 9 nitrogen and oxygen atoms in total. The predicted octanol–water partition coefficient (Wildman–Crippen LogP) is 4.06. The topological polar surface area (TPSA) is 123 Å². The molecule has 3 aromatic heterocycles. The predicted molar refractivity (Wildman–Crippen MR) is 150 cm³/mol. The fourth-order valence-corrected chi connectivity index (χ4v) is 7.56. The Bertz CT molecular complexity index is 1560. The molecule has 1 atom stereocenters. The van der Waals surface area contributed by atoms with Crippen molar-refractivity contribution in [3.05, 3.63) is 62.3 Å². The standard InChI is InChI=1S/C26H28ClN7O2S2/c1-25(2,36)12-34-13-31-15-3-4-17(21(27)20(15)24(34)35)38-19-11-29-18(10-30-19)33-7-5-26(6-8-33)9-16-22(23(26)28)37-14-32-16/h3-4,10-11,13-14,23,36H,5-9,12,28H2,1-2H3/t23-/m0/s1. The summed E-state index contributed by atoms with van der Waals surface area (Å²) in [5.41, 5.74) is 8.98. The van der Waals surface area contributed by atoms with E-state index in [1.54, 1.807) is 43.6 Å². The highest BCUT2D eigenvalue weighted by Gasteiger charge is 2.47. The van der Waals surface area contributed by atoms with Gasteiger partial charge in [-0.2, -0.15) is 0 Å². The molecule has 1 saturated heterocycles. The molecule has 2 aliphatic rings.